The van der Waals surface area contributed by atoms with Gasteiger partial charge in [-0.05, 0) is 30.5 Å². The van der Waals surface area contributed by atoms with Crippen molar-refractivity contribution in [2.45, 2.75) is 32.7 Å². The summed E-state index contributed by atoms with van der Waals surface area (Å²) in [4.78, 5) is 26.2. The highest BCUT2D eigenvalue weighted by atomic mass is 16.2. The van der Waals surface area contributed by atoms with E-state index in [1.54, 1.807) is 0 Å². The average molecular weight is 404 g/mol. The summed E-state index contributed by atoms with van der Waals surface area (Å²) in [5.74, 6) is 1.83. The minimum atomic E-state index is 0.254. The van der Waals surface area contributed by atoms with Crippen LogP contribution in [-0.2, 0) is 11.3 Å². The van der Waals surface area contributed by atoms with Crippen LogP contribution in [0.4, 0.5) is 11.8 Å². The second-order valence-corrected chi connectivity index (χ2v) is 7.70. The van der Waals surface area contributed by atoms with E-state index in [1.807, 2.05) is 41.3 Å². The van der Waals surface area contributed by atoms with E-state index in [2.05, 4.69) is 35.3 Å². The number of rotatable bonds is 6. The number of para-hydroxylation sites is 1. The fourth-order valence-electron chi connectivity index (χ4n) is 3.86. The SMILES string of the molecule is CCCC(=O)N1CCCN(c2nc(NCc3ccccc3)c3ccccc3n2)CC1. The Morgan fingerprint density at radius 3 is 2.60 bits per heavy atom. The van der Waals surface area contributed by atoms with Crippen molar-refractivity contribution < 1.29 is 4.79 Å². The Balaban J connectivity index is 1.56. The van der Waals surface area contributed by atoms with E-state index in [-0.39, 0.29) is 5.91 Å². The molecule has 0 unspecified atom stereocenters. The molecule has 1 N–H and O–H groups in total. The van der Waals surface area contributed by atoms with Crippen molar-refractivity contribution in [2.75, 3.05) is 36.4 Å². The molecule has 0 aliphatic carbocycles. The predicted molar refractivity (Wildman–Crippen MR) is 122 cm³/mol. The van der Waals surface area contributed by atoms with Crippen LogP contribution in [0.5, 0.6) is 0 Å². The van der Waals surface area contributed by atoms with Crippen molar-refractivity contribution in [3.63, 3.8) is 0 Å². The second kappa shape index (κ2) is 9.57. The lowest BCUT2D eigenvalue weighted by Crippen LogP contribution is -2.35. The quantitative estimate of drug-likeness (QED) is 0.672. The number of nitrogens with zero attached hydrogens (tertiary/aromatic N) is 4. The first-order valence-electron chi connectivity index (χ1n) is 10.8. The molecule has 4 rings (SSSR count). The molecule has 0 radical (unpaired) electrons. The molecule has 2 aromatic carbocycles. The van der Waals surface area contributed by atoms with Gasteiger partial charge >= 0.3 is 0 Å². The number of hydrogen-bond acceptors (Lipinski definition) is 5. The zero-order valence-electron chi connectivity index (χ0n) is 17.6. The fraction of sp³-hybridized carbons (Fsp3) is 0.375. The van der Waals surface area contributed by atoms with Gasteiger partial charge in [-0.25, -0.2) is 4.98 Å². The van der Waals surface area contributed by atoms with Crippen LogP contribution in [0.3, 0.4) is 0 Å². The first-order valence-corrected chi connectivity index (χ1v) is 10.8. The van der Waals surface area contributed by atoms with Crippen LogP contribution >= 0.6 is 0 Å². The average Bonchev–Trinajstić information content (AvgIpc) is 3.05. The third-order valence-electron chi connectivity index (χ3n) is 5.49. The molecular formula is C24H29N5O. The van der Waals surface area contributed by atoms with Gasteiger partial charge in [-0.1, -0.05) is 49.4 Å². The summed E-state index contributed by atoms with van der Waals surface area (Å²) in [6.45, 7) is 5.90. The number of fused-ring (bicyclic) bond motifs is 1. The minimum absolute atomic E-state index is 0.254. The Morgan fingerprint density at radius 1 is 0.967 bits per heavy atom. The number of hydrogen-bond donors (Lipinski definition) is 1. The zero-order chi connectivity index (χ0) is 20.8. The summed E-state index contributed by atoms with van der Waals surface area (Å²) in [5, 5.41) is 4.52. The molecule has 2 heterocycles. The highest BCUT2D eigenvalue weighted by Gasteiger charge is 2.21. The van der Waals surface area contributed by atoms with E-state index in [4.69, 9.17) is 9.97 Å². The van der Waals surface area contributed by atoms with Gasteiger partial charge < -0.3 is 15.1 Å². The van der Waals surface area contributed by atoms with Gasteiger partial charge in [0.15, 0.2) is 0 Å². The number of amides is 1. The Bertz CT molecular complexity index is 991. The van der Waals surface area contributed by atoms with E-state index < -0.39 is 0 Å². The largest absolute Gasteiger partial charge is 0.365 e. The smallest absolute Gasteiger partial charge is 0.227 e. The third-order valence-corrected chi connectivity index (χ3v) is 5.49. The van der Waals surface area contributed by atoms with Gasteiger partial charge in [0.2, 0.25) is 11.9 Å². The molecule has 6 nitrogen and oxygen atoms in total. The maximum atomic E-state index is 12.3. The van der Waals surface area contributed by atoms with Crippen molar-refractivity contribution in [1.82, 2.24) is 14.9 Å². The van der Waals surface area contributed by atoms with Gasteiger partial charge in [-0.15, -0.1) is 0 Å². The van der Waals surface area contributed by atoms with E-state index in [1.165, 1.54) is 5.56 Å². The number of aromatic nitrogens is 2. The molecule has 1 saturated heterocycles. The molecule has 0 atom stereocenters. The van der Waals surface area contributed by atoms with Crippen molar-refractivity contribution in [2.24, 2.45) is 0 Å². The second-order valence-electron chi connectivity index (χ2n) is 7.70. The summed E-state index contributed by atoms with van der Waals surface area (Å²) in [7, 11) is 0. The standard InChI is InChI=1S/C24H29N5O/c1-2-9-22(30)28-14-8-15-29(17-16-28)24-26-21-13-7-6-12-20(21)23(27-24)25-18-19-10-4-3-5-11-19/h3-7,10-13H,2,8-9,14-18H2,1H3,(H,25,26,27). The van der Waals surface area contributed by atoms with E-state index in [9.17, 15) is 4.79 Å². The van der Waals surface area contributed by atoms with Gasteiger partial charge in [-0.2, -0.15) is 4.98 Å². The predicted octanol–water partition coefficient (Wildman–Crippen LogP) is 4.08. The van der Waals surface area contributed by atoms with Crippen molar-refractivity contribution >= 4 is 28.6 Å². The summed E-state index contributed by atoms with van der Waals surface area (Å²) in [6, 6.07) is 18.4. The Kier molecular flexibility index (Phi) is 6.42. The van der Waals surface area contributed by atoms with Crippen LogP contribution in [0.2, 0.25) is 0 Å². The van der Waals surface area contributed by atoms with Gasteiger partial charge in [-0.3, -0.25) is 4.79 Å². The first kappa shape index (κ1) is 20.1. The van der Waals surface area contributed by atoms with Crippen LogP contribution in [-0.4, -0.2) is 47.0 Å². The third kappa shape index (κ3) is 4.70. The normalized spacial score (nSPS) is 14.6. The first-order chi connectivity index (χ1) is 14.7. The lowest BCUT2D eigenvalue weighted by atomic mass is 10.2. The highest BCUT2D eigenvalue weighted by molar-refractivity contribution is 5.90. The maximum Gasteiger partial charge on any atom is 0.227 e. The molecule has 1 aliphatic heterocycles. The number of anilines is 2. The Labute approximate surface area is 177 Å². The Morgan fingerprint density at radius 2 is 1.77 bits per heavy atom. The molecule has 156 valence electrons. The fourth-order valence-corrected chi connectivity index (χ4v) is 3.86. The summed E-state index contributed by atoms with van der Waals surface area (Å²) < 4.78 is 0. The van der Waals surface area contributed by atoms with Crippen LogP contribution in [0, 0.1) is 0 Å². The molecule has 1 aromatic heterocycles. The number of benzene rings is 2. The number of nitrogens with one attached hydrogen (secondary N) is 1. The molecule has 3 aromatic rings. The van der Waals surface area contributed by atoms with Gasteiger partial charge in [0.05, 0.1) is 5.52 Å². The molecule has 1 amide bonds. The Hall–Kier alpha value is -3.15. The molecule has 1 aliphatic rings. The summed E-state index contributed by atoms with van der Waals surface area (Å²) in [5.41, 5.74) is 2.14. The topological polar surface area (TPSA) is 61.4 Å². The highest BCUT2D eigenvalue weighted by Crippen LogP contribution is 2.24. The number of carbonyl (C=O) groups excluding carboxylic acids is 1. The molecule has 0 bridgehead atoms. The van der Waals surface area contributed by atoms with E-state index in [0.717, 1.165) is 61.7 Å². The van der Waals surface area contributed by atoms with Gasteiger partial charge in [0, 0.05) is 44.5 Å². The molecular weight excluding hydrogens is 374 g/mol. The van der Waals surface area contributed by atoms with Gasteiger partial charge in [0.25, 0.3) is 0 Å². The van der Waals surface area contributed by atoms with Crippen molar-refractivity contribution in [3.05, 3.63) is 60.2 Å². The minimum Gasteiger partial charge on any atom is -0.365 e. The van der Waals surface area contributed by atoms with Gasteiger partial charge in [0.1, 0.15) is 5.82 Å². The van der Waals surface area contributed by atoms with Crippen molar-refractivity contribution in [3.8, 4) is 0 Å². The van der Waals surface area contributed by atoms with E-state index >= 15 is 0 Å². The van der Waals surface area contributed by atoms with Crippen LogP contribution in [0.1, 0.15) is 31.7 Å². The monoisotopic (exact) mass is 403 g/mol. The lowest BCUT2D eigenvalue weighted by molar-refractivity contribution is -0.131. The lowest BCUT2D eigenvalue weighted by Gasteiger charge is -2.23. The van der Waals surface area contributed by atoms with Crippen molar-refractivity contribution in [1.29, 1.82) is 0 Å². The summed E-state index contributed by atoms with van der Waals surface area (Å²) in [6.07, 6.45) is 2.45. The maximum absolute atomic E-state index is 12.3. The molecule has 30 heavy (non-hydrogen) atoms. The van der Waals surface area contributed by atoms with Crippen LogP contribution in [0.25, 0.3) is 10.9 Å². The molecule has 1 fully saturated rings. The molecule has 6 heteroatoms. The summed E-state index contributed by atoms with van der Waals surface area (Å²) >= 11 is 0. The number of carbonyl (C=O) groups is 1. The molecule has 0 saturated carbocycles. The van der Waals surface area contributed by atoms with E-state index in [0.29, 0.717) is 13.0 Å². The molecule has 0 spiro atoms. The van der Waals surface area contributed by atoms with Crippen LogP contribution < -0.4 is 10.2 Å². The zero-order valence-corrected chi connectivity index (χ0v) is 17.6. The van der Waals surface area contributed by atoms with Crippen LogP contribution in [0.15, 0.2) is 54.6 Å².